The lowest BCUT2D eigenvalue weighted by Crippen LogP contribution is -2.32. The largest absolute Gasteiger partial charge is 0.492 e. The highest BCUT2D eigenvalue weighted by molar-refractivity contribution is 7.89. The topological polar surface area (TPSA) is 114 Å². The van der Waals surface area contributed by atoms with Crippen LogP contribution < -0.4 is 15.4 Å². The molecule has 0 unspecified atom stereocenters. The van der Waals surface area contributed by atoms with E-state index in [9.17, 15) is 13.2 Å². The van der Waals surface area contributed by atoms with Gasteiger partial charge in [0, 0.05) is 25.8 Å². The van der Waals surface area contributed by atoms with Crippen molar-refractivity contribution in [3.05, 3.63) is 30.0 Å². The van der Waals surface area contributed by atoms with Gasteiger partial charge in [0.1, 0.15) is 22.4 Å². The molecule has 1 heterocycles. The molecule has 1 amide bonds. The van der Waals surface area contributed by atoms with E-state index in [0.717, 1.165) is 4.31 Å². The van der Waals surface area contributed by atoms with E-state index in [0.29, 0.717) is 23.9 Å². The van der Waals surface area contributed by atoms with Gasteiger partial charge in [-0.2, -0.15) is 0 Å². The van der Waals surface area contributed by atoms with Crippen LogP contribution in [0.2, 0.25) is 0 Å². The molecule has 0 aliphatic rings. The average molecular weight is 396 g/mol. The summed E-state index contributed by atoms with van der Waals surface area (Å²) in [4.78, 5) is 12.3. The summed E-state index contributed by atoms with van der Waals surface area (Å²) in [6, 6.07) is 5.63. The molecule has 0 bridgehead atoms. The second-order valence-corrected chi connectivity index (χ2v) is 8.18. The van der Waals surface area contributed by atoms with Crippen LogP contribution in [0.4, 0.5) is 11.5 Å². The number of aromatic nitrogens is 1. The van der Waals surface area contributed by atoms with E-state index in [4.69, 9.17) is 9.26 Å². The summed E-state index contributed by atoms with van der Waals surface area (Å²) in [5.74, 6) is 0.811. The molecule has 9 nitrogen and oxygen atoms in total. The van der Waals surface area contributed by atoms with Gasteiger partial charge in [-0.25, -0.2) is 12.7 Å². The second-order valence-electron chi connectivity index (χ2n) is 6.06. The summed E-state index contributed by atoms with van der Waals surface area (Å²) in [7, 11) is -0.818. The molecular formula is C17H24N4O5S. The van der Waals surface area contributed by atoms with Crippen LogP contribution >= 0.6 is 0 Å². The Balaban J connectivity index is 2.21. The molecule has 1 aromatic carbocycles. The molecule has 0 spiro atoms. The third kappa shape index (κ3) is 4.98. The molecule has 0 aliphatic carbocycles. The van der Waals surface area contributed by atoms with Gasteiger partial charge < -0.3 is 19.9 Å². The lowest BCUT2D eigenvalue weighted by molar-refractivity contribution is -0.116. The third-order valence-electron chi connectivity index (χ3n) is 3.66. The van der Waals surface area contributed by atoms with Crippen LogP contribution in [0.25, 0.3) is 0 Å². The van der Waals surface area contributed by atoms with Gasteiger partial charge in [-0.3, -0.25) is 4.79 Å². The van der Waals surface area contributed by atoms with Crippen molar-refractivity contribution >= 4 is 27.4 Å². The number of benzene rings is 1. The Morgan fingerprint density at radius 3 is 2.59 bits per heavy atom. The van der Waals surface area contributed by atoms with Crippen LogP contribution in [0.5, 0.6) is 5.75 Å². The van der Waals surface area contributed by atoms with Gasteiger partial charge in [0.15, 0.2) is 5.82 Å². The number of nitrogens with zero attached hydrogens (tertiary/aromatic N) is 2. The molecule has 2 aromatic rings. The number of carbonyl (C=O) groups is 1. The van der Waals surface area contributed by atoms with Crippen molar-refractivity contribution in [2.24, 2.45) is 0 Å². The molecule has 0 saturated heterocycles. The number of hydrogen-bond donors (Lipinski definition) is 2. The molecule has 10 heteroatoms. The Morgan fingerprint density at radius 2 is 2.04 bits per heavy atom. The molecule has 1 aromatic heterocycles. The van der Waals surface area contributed by atoms with Crippen LogP contribution in [0, 0.1) is 6.92 Å². The van der Waals surface area contributed by atoms with Gasteiger partial charge in [-0.15, -0.1) is 0 Å². The average Bonchev–Trinajstić information content (AvgIpc) is 3.00. The fraction of sp³-hybridized carbons (Fsp3) is 0.412. The lowest BCUT2D eigenvalue weighted by Gasteiger charge is -2.18. The molecule has 0 radical (unpaired) electrons. The van der Waals surface area contributed by atoms with Gasteiger partial charge in [0.25, 0.3) is 0 Å². The normalized spacial score (nSPS) is 12.7. The standard InChI is InChI=1S/C17H24N4O5S/c1-6-25-14-8-7-13(10-15(14)27(23,24)21(4)5)18-12(3)17(22)19-16-9-11(2)26-20-16/h7-10,12,18H,6H2,1-5H3,(H,19,20,22)/t12-/m1/s1. The maximum absolute atomic E-state index is 12.6. The molecule has 2 rings (SSSR count). The Morgan fingerprint density at radius 1 is 1.33 bits per heavy atom. The number of ether oxygens (including phenoxy) is 1. The van der Waals surface area contributed by atoms with Crippen molar-refractivity contribution in [1.29, 1.82) is 0 Å². The predicted octanol–water partition coefficient (Wildman–Crippen LogP) is 2.07. The van der Waals surface area contributed by atoms with Crippen molar-refractivity contribution < 1.29 is 22.5 Å². The van der Waals surface area contributed by atoms with E-state index in [1.807, 2.05) is 0 Å². The van der Waals surface area contributed by atoms with E-state index in [2.05, 4.69) is 15.8 Å². The zero-order valence-electron chi connectivity index (χ0n) is 15.9. The van der Waals surface area contributed by atoms with Crippen LogP contribution in [-0.2, 0) is 14.8 Å². The van der Waals surface area contributed by atoms with E-state index < -0.39 is 16.1 Å². The zero-order valence-corrected chi connectivity index (χ0v) is 16.8. The minimum Gasteiger partial charge on any atom is -0.492 e. The molecule has 27 heavy (non-hydrogen) atoms. The highest BCUT2D eigenvalue weighted by Crippen LogP contribution is 2.29. The number of carbonyl (C=O) groups excluding carboxylic acids is 1. The summed E-state index contributed by atoms with van der Waals surface area (Å²) in [5, 5.41) is 9.31. The maximum Gasteiger partial charge on any atom is 0.247 e. The molecule has 2 N–H and O–H groups in total. The molecular weight excluding hydrogens is 372 g/mol. The summed E-state index contributed by atoms with van der Waals surface area (Å²) < 4.78 is 36.6. The number of hydrogen-bond acceptors (Lipinski definition) is 7. The number of anilines is 2. The summed E-state index contributed by atoms with van der Waals surface area (Å²) >= 11 is 0. The first-order valence-electron chi connectivity index (χ1n) is 8.35. The van der Waals surface area contributed by atoms with Crippen molar-refractivity contribution in [2.45, 2.75) is 31.7 Å². The first-order chi connectivity index (χ1) is 12.6. The minimum absolute atomic E-state index is 0.0269. The number of aryl methyl sites for hydroxylation is 1. The maximum atomic E-state index is 12.6. The first kappa shape index (κ1) is 20.7. The van der Waals surface area contributed by atoms with Gasteiger partial charge in [-0.05, 0) is 39.0 Å². The van der Waals surface area contributed by atoms with E-state index >= 15 is 0 Å². The summed E-state index contributed by atoms with van der Waals surface area (Å²) in [6.45, 7) is 5.48. The number of amides is 1. The van der Waals surface area contributed by atoms with Gasteiger partial charge in [0.2, 0.25) is 15.9 Å². The Bertz CT molecular complexity index is 908. The lowest BCUT2D eigenvalue weighted by atomic mass is 10.2. The first-order valence-corrected chi connectivity index (χ1v) is 9.79. The summed E-state index contributed by atoms with van der Waals surface area (Å²) in [5.41, 5.74) is 0.470. The molecule has 1 atom stereocenters. The number of rotatable bonds is 8. The monoisotopic (exact) mass is 396 g/mol. The molecule has 0 aliphatic heterocycles. The summed E-state index contributed by atoms with van der Waals surface area (Å²) in [6.07, 6.45) is 0. The van der Waals surface area contributed by atoms with Crippen molar-refractivity contribution in [3.63, 3.8) is 0 Å². The highest BCUT2D eigenvalue weighted by atomic mass is 32.2. The Labute approximate surface area is 158 Å². The van der Waals surface area contributed by atoms with Crippen molar-refractivity contribution in [3.8, 4) is 5.75 Å². The van der Waals surface area contributed by atoms with E-state index in [-0.39, 0.29) is 16.6 Å². The van der Waals surface area contributed by atoms with Crippen LogP contribution in [0.1, 0.15) is 19.6 Å². The highest BCUT2D eigenvalue weighted by Gasteiger charge is 2.24. The third-order valence-corrected chi connectivity index (χ3v) is 5.49. The van der Waals surface area contributed by atoms with Crippen LogP contribution in [-0.4, -0.2) is 50.5 Å². The molecule has 148 valence electrons. The second kappa shape index (κ2) is 8.40. The van der Waals surface area contributed by atoms with Gasteiger partial charge >= 0.3 is 0 Å². The Hall–Kier alpha value is -2.59. The fourth-order valence-electron chi connectivity index (χ4n) is 2.25. The quantitative estimate of drug-likeness (QED) is 0.702. The van der Waals surface area contributed by atoms with Gasteiger partial charge in [-0.1, -0.05) is 5.16 Å². The number of nitrogens with one attached hydrogen (secondary N) is 2. The predicted molar refractivity (Wildman–Crippen MR) is 101 cm³/mol. The zero-order chi connectivity index (χ0) is 20.2. The minimum atomic E-state index is -3.71. The van der Waals surface area contributed by atoms with Crippen molar-refractivity contribution in [2.75, 3.05) is 31.3 Å². The van der Waals surface area contributed by atoms with Crippen LogP contribution in [0.15, 0.2) is 33.7 Å². The van der Waals surface area contributed by atoms with Gasteiger partial charge in [0.05, 0.1) is 6.61 Å². The fourth-order valence-corrected chi connectivity index (χ4v) is 3.30. The molecule has 0 saturated carbocycles. The number of sulfonamides is 1. The SMILES string of the molecule is CCOc1ccc(N[C@H](C)C(=O)Nc2cc(C)on2)cc1S(=O)(=O)N(C)C. The van der Waals surface area contributed by atoms with Crippen LogP contribution in [0.3, 0.4) is 0 Å². The Kier molecular flexibility index (Phi) is 6.45. The van der Waals surface area contributed by atoms with Crippen molar-refractivity contribution in [1.82, 2.24) is 9.46 Å². The van der Waals surface area contributed by atoms with E-state index in [1.54, 1.807) is 39.0 Å². The molecule has 0 fully saturated rings. The smallest absolute Gasteiger partial charge is 0.247 e. The van der Waals surface area contributed by atoms with E-state index in [1.165, 1.54) is 20.2 Å².